The van der Waals surface area contributed by atoms with E-state index >= 15 is 0 Å². The topological polar surface area (TPSA) is 62.0 Å². The lowest BCUT2D eigenvalue weighted by Crippen LogP contribution is -2.28. The van der Waals surface area contributed by atoms with Gasteiger partial charge in [-0.15, -0.1) is 0 Å². The Bertz CT molecular complexity index is 991. The quantitative estimate of drug-likeness (QED) is 0.751. The molecule has 1 aromatic heterocycles. The molecule has 3 aromatic rings. The molecule has 0 aliphatic carbocycles. The third-order valence-corrected chi connectivity index (χ3v) is 4.40. The number of halogens is 1. The molecule has 0 spiro atoms. The molecule has 0 unspecified atom stereocenters. The SMILES string of the molecule is Cc1cc(C)c2cc(CNC(=O)Cc3ccc(Cl)cc3)c(=O)[nH]c2c1. The Kier molecular flexibility index (Phi) is 4.91. The molecular formula is C20H19ClN2O2. The molecule has 4 nitrogen and oxygen atoms in total. The van der Waals surface area contributed by atoms with Gasteiger partial charge in [0.25, 0.3) is 5.56 Å². The first kappa shape index (κ1) is 17.2. The van der Waals surface area contributed by atoms with Gasteiger partial charge >= 0.3 is 0 Å². The van der Waals surface area contributed by atoms with Crippen LogP contribution in [0.5, 0.6) is 0 Å². The molecule has 0 radical (unpaired) electrons. The highest BCUT2D eigenvalue weighted by atomic mass is 35.5. The number of aromatic nitrogens is 1. The van der Waals surface area contributed by atoms with Crippen LogP contribution >= 0.6 is 11.6 Å². The molecule has 0 aliphatic heterocycles. The highest BCUT2D eigenvalue weighted by Gasteiger charge is 2.08. The van der Waals surface area contributed by atoms with Gasteiger partial charge in [0.05, 0.1) is 6.42 Å². The predicted molar refractivity (Wildman–Crippen MR) is 101 cm³/mol. The molecule has 0 fully saturated rings. The molecule has 5 heteroatoms. The highest BCUT2D eigenvalue weighted by Crippen LogP contribution is 2.18. The van der Waals surface area contributed by atoms with Gasteiger partial charge in [-0.2, -0.15) is 0 Å². The maximum atomic E-state index is 12.2. The van der Waals surface area contributed by atoms with Gasteiger partial charge in [0, 0.05) is 28.0 Å². The summed E-state index contributed by atoms with van der Waals surface area (Å²) in [6, 6.07) is 13.0. The molecule has 128 valence electrons. The number of aryl methyl sites for hydroxylation is 2. The van der Waals surface area contributed by atoms with Crippen LogP contribution in [0.4, 0.5) is 0 Å². The van der Waals surface area contributed by atoms with E-state index in [9.17, 15) is 9.59 Å². The molecule has 2 aromatic carbocycles. The van der Waals surface area contributed by atoms with E-state index in [2.05, 4.69) is 16.4 Å². The van der Waals surface area contributed by atoms with E-state index in [1.54, 1.807) is 12.1 Å². The van der Waals surface area contributed by atoms with E-state index in [1.165, 1.54) is 0 Å². The molecule has 2 N–H and O–H groups in total. The van der Waals surface area contributed by atoms with Crippen LogP contribution < -0.4 is 10.9 Å². The van der Waals surface area contributed by atoms with Gasteiger partial charge in [-0.3, -0.25) is 9.59 Å². The predicted octanol–water partition coefficient (Wildman–Crippen LogP) is 3.66. The first-order valence-electron chi connectivity index (χ1n) is 8.06. The fraction of sp³-hybridized carbons (Fsp3) is 0.200. The van der Waals surface area contributed by atoms with Gasteiger partial charge in [-0.25, -0.2) is 0 Å². The number of hydrogen-bond donors (Lipinski definition) is 2. The molecule has 0 saturated heterocycles. The summed E-state index contributed by atoms with van der Waals surface area (Å²) in [7, 11) is 0. The fourth-order valence-electron chi connectivity index (χ4n) is 2.89. The minimum Gasteiger partial charge on any atom is -0.352 e. The molecule has 0 aliphatic rings. The van der Waals surface area contributed by atoms with Crippen LogP contribution in [0.1, 0.15) is 22.3 Å². The van der Waals surface area contributed by atoms with Crippen molar-refractivity contribution in [2.24, 2.45) is 0 Å². The van der Waals surface area contributed by atoms with Crippen molar-refractivity contribution >= 4 is 28.4 Å². The van der Waals surface area contributed by atoms with E-state index in [4.69, 9.17) is 11.6 Å². The molecule has 0 bridgehead atoms. The number of aromatic amines is 1. The monoisotopic (exact) mass is 354 g/mol. The van der Waals surface area contributed by atoms with Crippen molar-refractivity contribution in [3.63, 3.8) is 0 Å². The van der Waals surface area contributed by atoms with E-state index in [1.807, 2.05) is 38.1 Å². The third-order valence-electron chi connectivity index (χ3n) is 4.14. The Balaban J connectivity index is 1.74. The van der Waals surface area contributed by atoms with Crippen molar-refractivity contribution < 1.29 is 4.79 Å². The second-order valence-electron chi connectivity index (χ2n) is 6.25. The van der Waals surface area contributed by atoms with E-state index in [0.29, 0.717) is 10.6 Å². The smallest absolute Gasteiger partial charge is 0.253 e. The Morgan fingerprint density at radius 1 is 1.12 bits per heavy atom. The summed E-state index contributed by atoms with van der Waals surface area (Å²) in [5.74, 6) is -0.137. The van der Waals surface area contributed by atoms with Crippen LogP contribution in [0.15, 0.2) is 47.3 Å². The van der Waals surface area contributed by atoms with Crippen LogP contribution in [0.2, 0.25) is 5.02 Å². The van der Waals surface area contributed by atoms with Crippen molar-refractivity contribution in [2.75, 3.05) is 0 Å². The maximum absolute atomic E-state index is 12.2. The molecule has 3 rings (SSSR count). The van der Waals surface area contributed by atoms with Crippen LogP contribution in [0, 0.1) is 13.8 Å². The van der Waals surface area contributed by atoms with Gasteiger partial charge in [0.15, 0.2) is 0 Å². The van der Waals surface area contributed by atoms with Gasteiger partial charge in [0.1, 0.15) is 0 Å². The number of hydrogen-bond acceptors (Lipinski definition) is 2. The lowest BCUT2D eigenvalue weighted by atomic mass is 10.0. The number of rotatable bonds is 4. The summed E-state index contributed by atoms with van der Waals surface area (Å²) < 4.78 is 0. The van der Waals surface area contributed by atoms with Gasteiger partial charge in [0.2, 0.25) is 5.91 Å². The largest absolute Gasteiger partial charge is 0.352 e. The Labute approximate surface area is 150 Å². The van der Waals surface area contributed by atoms with Gasteiger partial charge in [-0.05, 0) is 54.8 Å². The van der Waals surface area contributed by atoms with Crippen LogP contribution in [0.3, 0.4) is 0 Å². The highest BCUT2D eigenvalue weighted by molar-refractivity contribution is 6.30. The molecule has 1 heterocycles. The maximum Gasteiger partial charge on any atom is 0.253 e. The standard InChI is InChI=1S/C20H19ClN2O2/c1-12-7-13(2)17-10-15(20(25)23-18(17)8-12)11-22-19(24)9-14-3-5-16(21)6-4-14/h3-8,10H,9,11H2,1-2H3,(H,22,24)(H,23,25). The van der Waals surface area contributed by atoms with E-state index < -0.39 is 0 Å². The summed E-state index contributed by atoms with van der Waals surface area (Å²) in [5, 5.41) is 4.44. The summed E-state index contributed by atoms with van der Waals surface area (Å²) in [6.45, 7) is 4.21. The van der Waals surface area contributed by atoms with Crippen molar-refractivity contribution in [2.45, 2.75) is 26.8 Å². The number of pyridine rings is 1. The number of benzene rings is 2. The second kappa shape index (κ2) is 7.11. The third kappa shape index (κ3) is 4.09. The molecule has 25 heavy (non-hydrogen) atoms. The molecule has 0 saturated carbocycles. The van der Waals surface area contributed by atoms with Crippen LogP contribution in [-0.2, 0) is 17.8 Å². The zero-order valence-corrected chi connectivity index (χ0v) is 14.9. The summed E-state index contributed by atoms with van der Waals surface area (Å²) in [4.78, 5) is 27.2. The number of carbonyl (C=O) groups is 1. The van der Waals surface area contributed by atoms with E-state index in [-0.39, 0.29) is 24.4 Å². The number of fused-ring (bicyclic) bond motifs is 1. The Morgan fingerprint density at radius 3 is 2.56 bits per heavy atom. The average molecular weight is 355 g/mol. The normalized spacial score (nSPS) is 10.8. The Hall–Kier alpha value is -2.59. The summed E-state index contributed by atoms with van der Waals surface area (Å²) >= 11 is 5.84. The summed E-state index contributed by atoms with van der Waals surface area (Å²) in [5.41, 5.74) is 4.26. The number of amides is 1. The minimum absolute atomic E-state index is 0.137. The number of carbonyl (C=O) groups excluding carboxylic acids is 1. The average Bonchev–Trinajstić information content (AvgIpc) is 2.55. The van der Waals surface area contributed by atoms with Gasteiger partial charge in [-0.1, -0.05) is 29.8 Å². The lowest BCUT2D eigenvalue weighted by molar-refractivity contribution is -0.120. The number of H-pyrrole nitrogens is 1. The van der Waals surface area contributed by atoms with Crippen LogP contribution in [0.25, 0.3) is 10.9 Å². The zero-order chi connectivity index (χ0) is 18.0. The Morgan fingerprint density at radius 2 is 1.84 bits per heavy atom. The molecular weight excluding hydrogens is 336 g/mol. The molecule has 1 amide bonds. The molecule has 0 atom stereocenters. The zero-order valence-electron chi connectivity index (χ0n) is 14.2. The van der Waals surface area contributed by atoms with E-state index in [0.717, 1.165) is 27.6 Å². The van der Waals surface area contributed by atoms with Crippen molar-refractivity contribution in [1.29, 1.82) is 0 Å². The van der Waals surface area contributed by atoms with Crippen LogP contribution in [-0.4, -0.2) is 10.9 Å². The first-order chi connectivity index (χ1) is 11.9. The van der Waals surface area contributed by atoms with Crippen molar-refractivity contribution in [3.05, 3.63) is 80.1 Å². The second-order valence-corrected chi connectivity index (χ2v) is 6.68. The lowest BCUT2D eigenvalue weighted by Gasteiger charge is -2.09. The van der Waals surface area contributed by atoms with Crippen molar-refractivity contribution in [1.82, 2.24) is 10.3 Å². The minimum atomic E-state index is -0.177. The van der Waals surface area contributed by atoms with Crippen molar-refractivity contribution in [3.8, 4) is 0 Å². The number of nitrogens with one attached hydrogen (secondary N) is 2. The first-order valence-corrected chi connectivity index (χ1v) is 8.44. The summed E-state index contributed by atoms with van der Waals surface area (Å²) in [6.07, 6.45) is 0.251. The fourth-order valence-corrected chi connectivity index (χ4v) is 3.02. The van der Waals surface area contributed by atoms with Gasteiger partial charge < -0.3 is 10.3 Å².